The molecule has 3 aromatic rings. The van der Waals surface area contributed by atoms with Gasteiger partial charge in [-0.15, -0.1) is 11.3 Å². The largest absolute Gasteiger partial charge is 0.323 e. The molecule has 0 atom stereocenters. The maximum Gasteiger partial charge on any atom is 0.230 e. The second kappa shape index (κ2) is 6.84. The van der Waals surface area contributed by atoms with Crippen LogP contribution in [-0.2, 0) is 11.2 Å². The summed E-state index contributed by atoms with van der Waals surface area (Å²) in [6.07, 6.45) is -0.0955. The Morgan fingerprint density at radius 1 is 1.08 bits per heavy atom. The van der Waals surface area contributed by atoms with Crippen molar-refractivity contribution in [3.8, 4) is 10.6 Å². The van der Waals surface area contributed by atoms with Crippen molar-refractivity contribution < 1.29 is 18.0 Å². The first-order valence-electron chi connectivity index (χ1n) is 6.96. The summed E-state index contributed by atoms with van der Waals surface area (Å²) >= 11 is 1.27. The number of nitrogens with zero attached hydrogens (tertiary/aromatic N) is 1. The van der Waals surface area contributed by atoms with E-state index in [0.717, 1.165) is 18.2 Å². The first-order chi connectivity index (χ1) is 11.5. The van der Waals surface area contributed by atoms with Gasteiger partial charge in [0, 0.05) is 17.0 Å². The Labute approximate surface area is 139 Å². The number of hydrogen-bond acceptors (Lipinski definition) is 3. The highest BCUT2D eigenvalue weighted by Crippen LogP contribution is 2.24. The number of carbonyl (C=O) groups is 1. The first kappa shape index (κ1) is 16.2. The van der Waals surface area contributed by atoms with Crippen molar-refractivity contribution in [3.63, 3.8) is 0 Å². The molecule has 1 aromatic heterocycles. The van der Waals surface area contributed by atoms with E-state index in [1.54, 1.807) is 17.5 Å². The molecule has 0 aliphatic rings. The van der Waals surface area contributed by atoms with Crippen LogP contribution in [0.4, 0.5) is 18.9 Å². The molecule has 1 amide bonds. The van der Waals surface area contributed by atoms with Gasteiger partial charge in [0.25, 0.3) is 0 Å². The molecule has 3 rings (SSSR count). The molecule has 0 fully saturated rings. The third kappa shape index (κ3) is 3.80. The van der Waals surface area contributed by atoms with Crippen LogP contribution in [0.3, 0.4) is 0 Å². The van der Waals surface area contributed by atoms with Crippen LogP contribution in [0, 0.1) is 17.5 Å². The molecule has 0 radical (unpaired) electrons. The van der Waals surface area contributed by atoms with Crippen molar-refractivity contribution in [1.29, 1.82) is 0 Å². The van der Waals surface area contributed by atoms with Crippen molar-refractivity contribution in [3.05, 3.63) is 71.0 Å². The fraction of sp³-hybridized carbons (Fsp3) is 0.0588. The van der Waals surface area contributed by atoms with Gasteiger partial charge in [0.15, 0.2) is 0 Å². The van der Waals surface area contributed by atoms with E-state index in [1.807, 2.05) is 0 Å². The van der Waals surface area contributed by atoms with E-state index in [0.29, 0.717) is 16.3 Å². The maximum absolute atomic E-state index is 13.5. The van der Waals surface area contributed by atoms with Gasteiger partial charge in [-0.3, -0.25) is 4.79 Å². The number of hydrogen-bond donors (Lipinski definition) is 1. The Hall–Kier alpha value is -2.67. The van der Waals surface area contributed by atoms with Gasteiger partial charge in [0.1, 0.15) is 22.5 Å². The van der Waals surface area contributed by atoms with E-state index < -0.39 is 17.5 Å². The number of carbonyl (C=O) groups excluding carboxylic acids is 1. The summed E-state index contributed by atoms with van der Waals surface area (Å²) < 4.78 is 39.8. The van der Waals surface area contributed by atoms with Gasteiger partial charge in [-0.05, 0) is 24.3 Å². The first-order valence-corrected chi connectivity index (χ1v) is 7.84. The number of halogens is 3. The lowest BCUT2D eigenvalue weighted by Crippen LogP contribution is -2.15. The van der Waals surface area contributed by atoms with Crippen LogP contribution in [-0.4, -0.2) is 10.9 Å². The van der Waals surface area contributed by atoms with Crippen molar-refractivity contribution in [2.24, 2.45) is 0 Å². The van der Waals surface area contributed by atoms with E-state index >= 15 is 0 Å². The summed E-state index contributed by atoms with van der Waals surface area (Å²) in [5, 5.41) is 4.55. The van der Waals surface area contributed by atoms with Gasteiger partial charge in [0.2, 0.25) is 5.91 Å². The third-order valence-corrected chi connectivity index (χ3v) is 4.11. The van der Waals surface area contributed by atoms with Crippen LogP contribution in [0.15, 0.2) is 47.8 Å². The number of aromatic nitrogens is 1. The highest BCUT2D eigenvalue weighted by Gasteiger charge is 2.12. The van der Waals surface area contributed by atoms with E-state index in [9.17, 15) is 18.0 Å². The molecule has 0 aliphatic heterocycles. The Bertz CT molecular complexity index is 895. The predicted molar refractivity (Wildman–Crippen MR) is 86.2 cm³/mol. The van der Waals surface area contributed by atoms with Gasteiger partial charge in [-0.1, -0.05) is 12.1 Å². The van der Waals surface area contributed by atoms with Crippen LogP contribution in [0.1, 0.15) is 5.69 Å². The average Bonchev–Trinajstić information content (AvgIpc) is 2.99. The van der Waals surface area contributed by atoms with Gasteiger partial charge in [-0.25, -0.2) is 18.2 Å². The number of nitrogens with one attached hydrogen (secondary N) is 1. The zero-order valence-corrected chi connectivity index (χ0v) is 13.0. The number of benzene rings is 2. The number of rotatable bonds is 4. The fourth-order valence-electron chi connectivity index (χ4n) is 2.09. The topological polar surface area (TPSA) is 42.0 Å². The van der Waals surface area contributed by atoms with Gasteiger partial charge in [-0.2, -0.15) is 0 Å². The lowest BCUT2D eigenvalue weighted by atomic mass is 10.2. The molecule has 0 spiro atoms. The molecule has 7 heteroatoms. The van der Waals surface area contributed by atoms with Gasteiger partial charge < -0.3 is 5.32 Å². The Balaban J connectivity index is 1.70. The summed E-state index contributed by atoms with van der Waals surface area (Å²) in [6, 6.07) is 8.79. The lowest BCUT2D eigenvalue weighted by molar-refractivity contribution is -0.115. The van der Waals surface area contributed by atoms with E-state index in [4.69, 9.17) is 0 Å². The average molecular weight is 348 g/mol. The Morgan fingerprint density at radius 3 is 2.67 bits per heavy atom. The van der Waals surface area contributed by atoms with E-state index in [-0.39, 0.29) is 17.9 Å². The SMILES string of the molecule is O=C(Cc1csc(-c2cccc(F)c2)n1)Nc1cc(F)ccc1F. The predicted octanol–water partition coefficient (Wildman–Crippen LogP) is 4.41. The lowest BCUT2D eigenvalue weighted by Gasteiger charge is -2.05. The normalized spacial score (nSPS) is 10.6. The number of thiazole rings is 1. The van der Waals surface area contributed by atoms with Crippen molar-refractivity contribution >= 4 is 22.9 Å². The minimum atomic E-state index is -0.719. The van der Waals surface area contributed by atoms with Crippen LogP contribution in [0.2, 0.25) is 0 Å². The molecule has 3 nitrogen and oxygen atoms in total. The molecule has 1 N–H and O–H groups in total. The minimum absolute atomic E-state index is 0.0955. The summed E-state index contributed by atoms with van der Waals surface area (Å²) in [6.45, 7) is 0. The Kier molecular flexibility index (Phi) is 4.61. The zero-order valence-electron chi connectivity index (χ0n) is 12.2. The van der Waals surface area contributed by atoms with Crippen LogP contribution >= 0.6 is 11.3 Å². The van der Waals surface area contributed by atoms with E-state index in [2.05, 4.69) is 10.3 Å². The molecule has 0 aliphatic carbocycles. The highest BCUT2D eigenvalue weighted by molar-refractivity contribution is 7.13. The van der Waals surface area contributed by atoms with Gasteiger partial charge in [0.05, 0.1) is 17.8 Å². The maximum atomic E-state index is 13.5. The highest BCUT2D eigenvalue weighted by atomic mass is 32.1. The zero-order chi connectivity index (χ0) is 17.1. The molecule has 1 heterocycles. The minimum Gasteiger partial charge on any atom is -0.323 e. The second-order valence-electron chi connectivity index (χ2n) is 5.00. The molecule has 0 bridgehead atoms. The fourth-order valence-corrected chi connectivity index (χ4v) is 2.91. The standard InChI is InChI=1S/C17H11F3N2OS/c18-11-3-1-2-10(6-11)17-21-13(9-24-17)8-16(23)22-15-7-12(19)4-5-14(15)20/h1-7,9H,8H2,(H,22,23). The smallest absolute Gasteiger partial charge is 0.230 e. The van der Waals surface area contributed by atoms with Crippen molar-refractivity contribution in [2.45, 2.75) is 6.42 Å². The second-order valence-corrected chi connectivity index (χ2v) is 5.86. The summed E-state index contributed by atoms with van der Waals surface area (Å²) in [4.78, 5) is 16.2. The molecule has 122 valence electrons. The Morgan fingerprint density at radius 2 is 1.88 bits per heavy atom. The molecule has 24 heavy (non-hydrogen) atoms. The van der Waals surface area contributed by atoms with Crippen molar-refractivity contribution in [1.82, 2.24) is 4.98 Å². The summed E-state index contributed by atoms with van der Waals surface area (Å²) in [5.74, 6) is -2.25. The molecule has 2 aromatic carbocycles. The van der Waals surface area contributed by atoms with Crippen LogP contribution < -0.4 is 5.32 Å². The summed E-state index contributed by atoms with van der Waals surface area (Å²) in [5.41, 5.74) is 0.858. The molecule has 0 unspecified atom stereocenters. The van der Waals surface area contributed by atoms with Gasteiger partial charge >= 0.3 is 0 Å². The molecule has 0 saturated heterocycles. The monoisotopic (exact) mass is 348 g/mol. The number of anilines is 1. The molecule has 0 saturated carbocycles. The van der Waals surface area contributed by atoms with Crippen LogP contribution in [0.5, 0.6) is 0 Å². The summed E-state index contributed by atoms with van der Waals surface area (Å²) in [7, 11) is 0. The quantitative estimate of drug-likeness (QED) is 0.759. The molecular formula is C17H11F3N2OS. The van der Waals surface area contributed by atoms with Crippen molar-refractivity contribution in [2.75, 3.05) is 5.32 Å². The third-order valence-electron chi connectivity index (χ3n) is 3.17. The number of amides is 1. The molecular weight excluding hydrogens is 337 g/mol. The van der Waals surface area contributed by atoms with Crippen LogP contribution in [0.25, 0.3) is 10.6 Å². The van der Waals surface area contributed by atoms with E-state index in [1.165, 1.54) is 23.5 Å².